The van der Waals surface area contributed by atoms with Crippen molar-refractivity contribution in [3.05, 3.63) is 48.5 Å². The Balaban J connectivity index is 1.60. The van der Waals surface area contributed by atoms with Crippen molar-refractivity contribution in [3.63, 3.8) is 0 Å². The number of ether oxygens (including phenoxy) is 1. The lowest BCUT2D eigenvalue weighted by atomic mass is 10.1. The van der Waals surface area contributed by atoms with Gasteiger partial charge in [-0.15, -0.1) is 0 Å². The molecule has 0 radical (unpaired) electrons. The first-order valence-corrected chi connectivity index (χ1v) is 8.33. The number of aromatic nitrogens is 4. The van der Waals surface area contributed by atoms with Gasteiger partial charge < -0.3 is 20.1 Å². The highest BCUT2D eigenvalue weighted by Crippen LogP contribution is 2.32. The first kappa shape index (κ1) is 17.5. The van der Waals surface area contributed by atoms with Crippen molar-refractivity contribution in [1.29, 1.82) is 0 Å². The molecule has 0 saturated carbocycles. The zero-order valence-electron chi connectivity index (χ0n) is 14.1. The predicted octanol–water partition coefficient (Wildman–Crippen LogP) is -0.116. The quantitative estimate of drug-likeness (QED) is 0.360. The van der Waals surface area contributed by atoms with E-state index in [2.05, 4.69) is 25.5 Å². The molecule has 3 heterocycles. The van der Waals surface area contributed by atoms with E-state index in [0.29, 0.717) is 17.0 Å². The molecule has 2 unspecified atom stereocenters. The van der Waals surface area contributed by atoms with Gasteiger partial charge in [0.05, 0.1) is 19.1 Å². The number of benzene rings is 1. The van der Waals surface area contributed by atoms with Crippen LogP contribution in [-0.2, 0) is 4.74 Å². The van der Waals surface area contributed by atoms with Gasteiger partial charge in [0.2, 0.25) is 0 Å². The molecule has 0 bridgehead atoms. The van der Waals surface area contributed by atoms with E-state index in [1.165, 1.54) is 17.2 Å². The van der Waals surface area contributed by atoms with E-state index in [9.17, 15) is 15.3 Å². The van der Waals surface area contributed by atoms with Crippen LogP contribution in [0.25, 0.3) is 11.2 Å². The number of hydrogen-bond donors (Lipinski definition) is 4. The van der Waals surface area contributed by atoms with Gasteiger partial charge in [-0.05, 0) is 5.56 Å². The summed E-state index contributed by atoms with van der Waals surface area (Å²) in [5, 5.41) is 33.6. The van der Waals surface area contributed by atoms with Crippen LogP contribution in [0.5, 0.6) is 0 Å². The van der Waals surface area contributed by atoms with E-state index in [1.807, 2.05) is 30.3 Å². The molecule has 1 saturated heterocycles. The van der Waals surface area contributed by atoms with E-state index in [-0.39, 0.29) is 0 Å². The molecule has 1 aliphatic heterocycles. The maximum Gasteiger partial charge on any atom is 0.177 e. The fourth-order valence-corrected chi connectivity index (χ4v) is 2.94. The molecule has 0 amide bonds. The fraction of sp³-hybridized carbons (Fsp3) is 0.294. The second kappa shape index (κ2) is 7.37. The fourth-order valence-electron chi connectivity index (χ4n) is 2.94. The van der Waals surface area contributed by atoms with Gasteiger partial charge in [0.1, 0.15) is 24.6 Å². The zero-order chi connectivity index (χ0) is 18.8. The molecule has 0 aliphatic carbocycles. The molecule has 4 N–H and O–H groups in total. The molecule has 10 nitrogen and oxygen atoms in total. The summed E-state index contributed by atoms with van der Waals surface area (Å²) in [6.07, 6.45) is 0.203. The second-order valence-electron chi connectivity index (χ2n) is 6.06. The third-order valence-electron chi connectivity index (χ3n) is 4.33. The smallest absolute Gasteiger partial charge is 0.177 e. The van der Waals surface area contributed by atoms with E-state index >= 15 is 0 Å². The summed E-state index contributed by atoms with van der Waals surface area (Å²) in [5.74, 6) is 0.387. The van der Waals surface area contributed by atoms with Crippen molar-refractivity contribution in [2.75, 3.05) is 12.0 Å². The number of nitrogens with zero attached hydrogens (tertiary/aromatic N) is 5. The Kier molecular flexibility index (Phi) is 4.77. The van der Waals surface area contributed by atoms with Crippen molar-refractivity contribution in [2.24, 2.45) is 5.10 Å². The number of hydrazone groups is 1. The van der Waals surface area contributed by atoms with Crippen LogP contribution in [-0.4, -0.2) is 66.0 Å². The van der Waals surface area contributed by atoms with Crippen LogP contribution in [0.3, 0.4) is 0 Å². The van der Waals surface area contributed by atoms with Crippen molar-refractivity contribution in [2.45, 2.75) is 24.5 Å². The highest BCUT2D eigenvalue weighted by atomic mass is 16.6. The van der Waals surface area contributed by atoms with E-state index < -0.39 is 31.1 Å². The summed E-state index contributed by atoms with van der Waals surface area (Å²) in [5.41, 5.74) is 4.58. The Bertz CT molecular complexity index is 947. The van der Waals surface area contributed by atoms with Gasteiger partial charge in [0, 0.05) is 0 Å². The van der Waals surface area contributed by atoms with E-state index in [1.54, 1.807) is 6.21 Å². The number of anilines is 1. The van der Waals surface area contributed by atoms with E-state index in [4.69, 9.17) is 4.74 Å². The van der Waals surface area contributed by atoms with Gasteiger partial charge in [-0.3, -0.25) is 9.99 Å². The minimum Gasteiger partial charge on any atom is -0.394 e. The molecule has 4 atom stereocenters. The Hall–Kier alpha value is -2.92. The molecule has 3 aromatic rings. The van der Waals surface area contributed by atoms with Gasteiger partial charge in [0.15, 0.2) is 23.2 Å². The number of imidazole rings is 1. The molecule has 1 fully saturated rings. The maximum atomic E-state index is 10.2. The van der Waals surface area contributed by atoms with Crippen molar-refractivity contribution >= 4 is 23.2 Å². The average molecular weight is 370 g/mol. The van der Waals surface area contributed by atoms with Gasteiger partial charge in [-0.2, -0.15) is 5.10 Å². The maximum absolute atomic E-state index is 10.2. The second-order valence-corrected chi connectivity index (χ2v) is 6.06. The molecule has 4 rings (SSSR count). The van der Waals surface area contributed by atoms with Crippen molar-refractivity contribution in [1.82, 2.24) is 19.5 Å². The largest absolute Gasteiger partial charge is 0.394 e. The number of aliphatic hydroxyl groups is 3. The number of nitrogens with one attached hydrogen (secondary N) is 1. The number of hydrogen-bond acceptors (Lipinski definition) is 9. The topological polar surface area (TPSA) is 138 Å². The zero-order valence-corrected chi connectivity index (χ0v) is 14.1. The van der Waals surface area contributed by atoms with Gasteiger partial charge in [0.25, 0.3) is 0 Å². The summed E-state index contributed by atoms with van der Waals surface area (Å²) in [6.45, 7) is -0.405. The molecule has 27 heavy (non-hydrogen) atoms. The van der Waals surface area contributed by atoms with Crippen molar-refractivity contribution in [3.8, 4) is 0 Å². The third-order valence-corrected chi connectivity index (χ3v) is 4.33. The molecule has 10 heteroatoms. The number of aliphatic hydroxyl groups excluding tert-OH is 3. The van der Waals surface area contributed by atoms with Gasteiger partial charge in [-0.25, -0.2) is 15.0 Å². The van der Waals surface area contributed by atoms with Crippen LogP contribution in [0, 0.1) is 0 Å². The van der Waals surface area contributed by atoms with Crippen LogP contribution >= 0.6 is 0 Å². The molecule has 0 spiro atoms. The Morgan fingerprint density at radius 1 is 1.15 bits per heavy atom. The monoisotopic (exact) mass is 370 g/mol. The highest BCUT2D eigenvalue weighted by molar-refractivity contribution is 5.84. The summed E-state index contributed by atoms with van der Waals surface area (Å²) >= 11 is 0. The minimum atomic E-state index is -1.22. The molecular weight excluding hydrogens is 352 g/mol. The highest BCUT2D eigenvalue weighted by Gasteiger charge is 2.44. The number of rotatable bonds is 5. The standard InChI is InChI=1S/C17H18N6O4/c24-7-11-13(25)14(26)17(27-11)23-9-20-12-15(18-8-19-16(12)23)22-21-6-10-4-2-1-3-5-10/h1-6,8-9,11,13-14,17,24-26H,7H2,(H,18,19,22)/b21-6+/t11-,13?,14?,17-/m1/s1. The normalized spacial score (nSPS) is 25.4. The molecular formula is C17H18N6O4. The Morgan fingerprint density at radius 2 is 1.96 bits per heavy atom. The van der Waals surface area contributed by atoms with E-state index in [0.717, 1.165) is 5.56 Å². The van der Waals surface area contributed by atoms with Crippen LogP contribution in [0.15, 0.2) is 48.1 Å². The SMILES string of the molecule is OC[C@H]1O[C@@H](n2cnc3c(N/N=C/c4ccccc4)ncnc32)C(O)C1O. The first-order valence-electron chi connectivity index (χ1n) is 8.33. The number of fused-ring (bicyclic) bond motifs is 1. The molecule has 140 valence electrons. The van der Waals surface area contributed by atoms with Crippen LogP contribution in [0.4, 0.5) is 5.82 Å². The Morgan fingerprint density at radius 3 is 2.70 bits per heavy atom. The lowest BCUT2D eigenvalue weighted by Gasteiger charge is -2.16. The van der Waals surface area contributed by atoms with Crippen LogP contribution < -0.4 is 5.43 Å². The summed E-state index contributed by atoms with van der Waals surface area (Å²) in [4.78, 5) is 12.6. The lowest BCUT2D eigenvalue weighted by molar-refractivity contribution is -0.0511. The lowest BCUT2D eigenvalue weighted by Crippen LogP contribution is -2.33. The minimum absolute atomic E-state index is 0.387. The van der Waals surface area contributed by atoms with Crippen LogP contribution in [0.2, 0.25) is 0 Å². The average Bonchev–Trinajstić information content (AvgIpc) is 3.25. The molecule has 1 aliphatic rings. The van der Waals surface area contributed by atoms with Gasteiger partial charge in [-0.1, -0.05) is 30.3 Å². The molecule has 1 aromatic carbocycles. The van der Waals surface area contributed by atoms with Crippen molar-refractivity contribution < 1.29 is 20.1 Å². The third kappa shape index (κ3) is 3.26. The van der Waals surface area contributed by atoms with Gasteiger partial charge >= 0.3 is 0 Å². The first-order chi connectivity index (χ1) is 13.2. The Labute approximate surface area is 153 Å². The summed E-state index contributed by atoms with van der Waals surface area (Å²) in [6, 6.07) is 9.57. The summed E-state index contributed by atoms with van der Waals surface area (Å²) in [7, 11) is 0. The van der Waals surface area contributed by atoms with Crippen LogP contribution in [0.1, 0.15) is 11.8 Å². The predicted molar refractivity (Wildman–Crippen MR) is 96.0 cm³/mol. The molecule has 2 aromatic heterocycles. The summed E-state index contributed by atoms with van der Waals surface area (Å²) < 4.78 is 7.02.